The van der Waals surface area contributed by atoms with Gasteiger partial charge in [-0.15, -0.1) is 0 Å². The van der Waals surface area contributed by atoms with E-state index in [0.717, 1.165) is 18.2 Å². The molecule has 3 N–H and O–H groups in total. The highest BCUT2D eigenvalue weighted by molar-refractivity contribution is 7.90. The highest BCUT2D eigenvalue weighted by Gasteiger charge is 2.31. The van der Waals surface area contributed by atoms with Gasteiger partial charge in [0, 0.05) is 30.7 Å². The maximum absolute atomic E-state index is 13.6. The van der Waals surface area contributed by atoms with E-state index in [0.29, 0.717) is 55.9 Å². The Bertz CT molecular complexity index is 1630. The van der Waals surface area contributed by atoms with Crippen molar-refractivity contribution in [2.24, 2.45) is 4.99 Å². The summed E-state index contributed by atoms with van der Waals surface area (Å²) >= 11 is 0. The number of carbonyl (C=O) groups excluding carboxylic acids is 2. The highest BCUT2D eigenvalue weighted by atomic mass is 32.2. The predicted octanol–water partition coefficient (Wildman–Crippen LogP) is 3.19. The van der Waals surface area contributed by atoms with Crippen molar-refractivity contribution in [1.29, 1.82) is 0 Å². The summed E-state index contributed by atoms with van der Waals surface area (Å²) in [5.41, 5.74) is 1.11. The molecule has 3 aromatic rings. The van der Waals surface area contributed by atoms with Crippen LogP contribution in [0.15, 0.2) is 62.8 Å². The number of sulfonamides is 1. The van der Waals surface area contributed by atoms with Gasteiger partial charge in [-0.25, -0.2) is 22.9 Å². The van der Waals surface area contributed by atoms with Crippen molar-refractivity contribution in [1.82, 2.24) is 14.5 Å². The van der Waals surface area contributed by atoms with Crippen molar-refractivity contribution >= 4 is 50.4 Å². The Morgan fingerprint density at radius 1 is 1.02 bits per heavy atom. The van der Waals surface area contributed by atoms with Crippen LogP contribution in [-0.4, -0.2) is 79.3 Å². The van der Waals surface area contributed by atoms with Crippen LogP contribution in [0.5, 0.6) is 0 Å². The fraction of sp³-hybridized carbons (Fsp3) is 0.379. The molecule has 0 aliphatic carbocycles. The third kappa shape index (κ3) is 6.73. The number of rotatable bonds is 7. The molecule has 2 fully saturated rings. The van der Waals surface area contributed by atoms with Crippen molar-refractivity contribution < 1.29 is 32.3 Å². The number of hydrogen-bond donors (Lipinski definition) is 3. The number of fused-ring (bicyclic) bond motifs is 1. The van der Waals surface area contributed by atoms with Gasteiger partial charge in [0.15, 0.2) is 0 Å². The van der Waals surface area contributed by atoms with Crippen LogP contribution in [0.4, 0.5) is 5.69 Å². The molecule has 0 spiro atoms. The van der Waals surface area contributed by atoms with Gasteiger partial charge < -0.3 is 24.6 Å². The number of aliphatic imine (C=N–C) groups is 1. The molecule has 1 aromatic heterocycles. The van der Waals surface area contributed by atoms with E-state index < -0.39 is 22.0 Å². The van der Waals surface area contributed by atoms with E-state index in [1.165, 1.54) is 29.2 Å². The molecule has 0 bridgehead atoms. The fourth-order valence-electron chi connectivity index (χ4n) is 5.18. The van der Waals surface area contributed by atoms with Gasteiger partial charge in [-0.2, -0.15) is 0 Å². The number of guanidine groups is 1. The van der Waals surface area contributed by atoms with Crippen molar-refractivity contribution in [3.05, 3.63) is 59.9 Å². The molecule has 2 saturated heterocycles. The standard InChI is InChI=1S/C29H33N5O7S/c1-19-16-21-17-22(9-12-25(21)41-19)30-29(32-42(39,40)23-10-7-20(8-11-23)28(37)38)31-24-6-2-3-15-34(27(24)36)18-26(35)33-13-4-5-14-33/h7-12,16-17,24H,2-6,13-15,18H2,1H3,(H,37,38)(H2,30,31,32). The molecule has 13 heteroatoms. The van der Waals surface area contributed by atoms with E-state index in [1.54, 1.807) is 23.1 Å². The van der Waals surface area contributed by atoms with Gasteiger partial charge in [0.2, 0.25) is 17.8 Å². The average Bonchev–Trinajstić information content (AvgIpc) is 3.59. The maximum Gasteiger partial charge on any atom is 0.335 e. The van der Waals surface area contributed by atoms with Crippen molar-refractivity contribution in [2.75, 3.05) is 31.5 Å². The highest BCUT2D eigenvalue weighted by Crippen LogP contribution is 2.23. The molecule has 1 atom stereocenters. The maximum atomic E-state index is 13.6. The van der Waals surface area contributed by atoms with Gasteiger partial charge >= 0.3 is 5.97 Å². The molecule has 12 nitrogen and oxygen atoms in total. The Kier molecular flexibility index (Phi) is 8.48. The normalized spacial score (nSPS) is 18.3. The van der Waals surface area contributed by atoms with Crippen LogP contribution in [0.3, 0.4) is 0 Å². The first-order valence-corrected chi connectivity index (χ1v) is 15.4. The van der Waals surface area contributed by atoms with Gasteiger partial charge in [0.05, 0.1) is 17.0 Å². The van der Waals surface area contributed by atoms with Crippen LogP contribution >= 0.6 is 0 Å². The van der Waals surface area contributed by atoms with Crippen LogP contribution in [0, 0.1) is 6.92 Å². The average molecular weight is 596 g/mol. The van der Waals surface area contributed by atoms with E-state index in [1.807, 2.05) is 13.0 Å². The Hall–Kier alpha value is -4.39. The molecule has 2 amide bonds. The number of carbonyl (C=O) groups is 3. The molecule has 3 heterocycles. The summed E-state index contributed by atoms with van der Waals surface area (Å²) in [5.74, 6) is -1.08. The molecule has 2 aliphatic rings. The Morgan fingerprint density at radius 2 is 1.74 bits per heavy atom. The van der Waals surface area contributed by atoms with Gasteiger partial charge in [0.1, 0.15) is 17.4 Å². The molecule has 2 aromatic carbocycles. The number of amides is 2. The summed E-state index contributed by atoms with van der Waals surface area (Å²) in [6.07, 6.45) is 3.65. The molecule has 0 radical (unpaired) electrons. The van der Waals surface area contributed by atoms with E-state index in [-0.39, 0.29) is 34.8 Å². The molecule has 1 unspecified atom stereocenters. The number of aromatic carboxylic acids is 1. The van der Waals surface area contributed by atoms with Gasteiger partial charge in [0.25, 0.3) is 10.0 Å². The number of anilines is 1. The number of nitrogens with zero attached hydrogens (tertiary/aromatic N) is 3. The van der Waals surface area contributed by atoms with Gasteiger partial charge in [-0.1, -0.05) is 0 Å². The second kappa shape index (κ2) is 12.2. The number of aryl methyl sites for hydroxylation is 1. The van der Waals surface area contributed by atoms with Crippen molar-refractivity contribution in [3.8, 4) is 0 Å². The molecule has 2 aliphatic heterocycles. The first-order valence-electron chi connectivity index (χ1n) is 13.9. The summed E-state index contributed by atoms with van der Waals surface area (Å²) in [5, 5.41) is 13.0. The van der Waals surface area contributed by atoms with E-state index in [2.05, 4.69) is 15.0 Å². The zero-order valence-corrected chi connectivity index (χ0v) is 24.0. The summed E-state index contributed by atoms with van der Waals surface area (Å²) in [7, 11) is -4.22. The summed E-state index contributed by atoms with van der Waals surface area (Å²) in [6.45, 7) is 3.58. The molecular weight excluding hydrogens is 562 g/mol. The lowest BCUT2D eigenvalue weighted by molar-refractivity contribution is -0.140. The fourth-order valence-corrected chi connectivity index (χ4v) is 6.16. The molecular formula is C29H33N5O7S. The minimum atomic E-state index is -4.22. The lowest BCUT2D eigenvalue weighted by atomic mass is 10.1. The predicted molar refractivity (Wildman–Crippen MR) is 156 cm³/mol. The zero-order chi connectivity index (χ0) is 29.9. The Labute approximate surface area is 243 Å². The lowest BCUT2D eigenvalue weighted by Gasteiger charge is -2.25. The minimum absolute atomic E-state index is 0.0359. The summed E-state index contributed by atoms with van der Waals surface area (Å²) in [6, 6.07) is 10.9. The van der Waals surface area contributed by atoms with Crippen molar-refractivity contribution in [2.45, 2.75) is 50.0 Å². The van der Waals surface area contributed by atoms with Crippen molar-refractivity contribution in [3.63, 3.8) is 0 Å². The quantitative estimate of drug-likeness (QED) is 0.277. The second-order valence-electron chi connectivity index (χ2n) is 10.5. The summed E-state index contributed by atoms with van der Waals surface area (Å²) in [4.78, 5) is 45.3. The third-order valence-corrected chi connectivity index (χ3v) is 8.72. The van der Waals surface area contributed by atoms with E-state index >= 15 is 0 Å². The Balaban J connectivity index is 1.44. The van der Waals surface area contributed by atoms with Crippen LogP contribution in [0.25, 0.3) is 11.0 Å². The number of likely N-dealkylation sites (tertiary alicyclic amines) is 2. The number of benzene rings is 2. The topological polar surface area (TPSA) is 162 Å². The largest absolute Gasteiger partial charge is 0.478 e. The van der Waals surface area contributed by atoms with Gasteiger partial charge in [-0.05, 0) is 87.6 Å². The van der Waals surface area contributed by atoms with Crippen LogP contribution in [0.2, 0.25) is 0 Å². The summed E-state index contributed by atoms with van der Waals surface area (Å²) < 4.78 is 34.7. The SMILES string of the molecule is Cc1cc2cc(NC(=NC3CCCCN(CC(=O)N4CCCC4)C3=O)NS(=O)(=O)c3ccc(C(=O)O)cc3)ccc2o1. The third-order valence-electron chi connectivity index (χ3n) is 7.37. The number of nitrogens with one attached hydrogen (secondary N) is 2. The van der Waals surface area contributed by atoms with Crippen LogP contribution < -0.4 is 10.0 Å². The van der Waals surface area contributed by atoms with E-state index in [4.69, 9.17) is 4.42 Å². The lowest BCUT2D eigenvalue weighted by Crippen LogP contribution is -2.45. The zero-order valence-electron chi connectivity index (χ0n) is 23.2. The van der Waals surface area contributed by atoms with Crippen LogP contribution in [-0.2, 0) is 19.6 Å². The first-order chi connectivity index (χ1) is 20.1. The number of hydrogen-bond acceptors (Lipinski definition) is 7. The Morgan fingerprint density at radius 3 is 2.45 bits per heavy atom. The minimum Gasteiger partial charge on any atom is -0.478 e. The molecule has 0 saturated carbocycles. The second-order valence-corrected chi connectivity index (χ2v) is 12.2. The molecule has 222 valence electrons. The van der Waals surface area contributed by atoms with Gasteiger partial charge in [-0.3, -0.25) is 9.59 Å². The number of furan rings is 1. The van der Waals surface area contributed by atoms with Crippen LogP contribution in [0.1, 0.15) is 48.2 Å². The molecule has 5 rings (SSSR count). The molecule has 42 heavy (non-hydrogen) atoms. The smallest absolute Gasteiger partial charge is 0.335 e. The monoisotopic (exact) mass is 595 g/mol. The number of carboxylic acid groups (broad SMARTS) is 1. The first kappa shape index (κ1) is 29.1. The number of carboxylic acids is 1. The van der Waals surface area contributed by atoms with E-state index in [9.17, 15) is 27.9 Å².